The monoisotopic (exact) mass is 244 g/mol. The topological polar surface area (TPSA) is 55.8 Å². The maximum absolute atomic E-state index is 10.9. The van der Waals surface area contributed by atoms with Gasteiger partial charge in [0.2, 0.25) is 0 Å². The van der Waals surface area contributed by atoms with Crippen molar-refractivity contribution in [2.24, 2.45) is 0 Å². The lowest BCUT2D eigenvalue weighted by Gasteiger charge is -2.07. The minimum atomic E-state index is -1.05. The molecule has 2 rings (SSSR count). The third-order valence-electron chi connectivity index (χ3n) is 2.33. The van der Waals surface area contributed by atoms with Crippen LogP contribution in [0.3, 0.4) is 0 Å². The van der Waals surface area contributed by atoms with Gasteiger partial charge in [-0.05, 0) is 17.7 Å². The van der Waals surface area contributed by atoms with E-state index >= 15 is 0 Å². The molecule has 0 atom stereocenters. The van der Waals surface area contributed by atoms with E-state index in [1.807, 2.05) is 30.3 Å². The van der Waals surface area contributed by atoms with Gasteiger partial charge in [0.1, 0.15) is 12.2 Å². The predicted molar refractivity (Wildman–Crippen MR) is 65.3 cm³/mol. The fraction of sp³-hybridized carbons (Fsp3) is 0.0714. The molecule has 0 bridgehead atoms. The van der Waals surface area contributed by atoms with E-state index in [1.165, 1.54) is 6.07 Å². The third-order valence-corrected chi connectivity index (χ3v) is 2.33. The molecular weight excluding hydrogens is 232 g/mol. The summed E-state index contributed by atoms with van der Waals surface area (Å²) in [6.07, 6.45) is 0. The van der Waals surface area contributed by atoms with Gasteiger partial charge in [-0.25, -0.2) is 4.79 Å². The number of hydrogen-bond acceptors (Lipinski definition) is 3. The Kier molecular flexibility index (Phi) is 3.94. The molecule has 0 saturated carbocycles. The highest BCUT2D eigenvalue weighted by Gasteiger charge is 2.10. The van der Waals surface area contributed by atoms with Gasteiger partial charge in [0.25, 0.3) is 0 Å². The van der Waals surface area contributed by atoms with Gasteiger partial charge in [-0.15, -0.1) is 0 Å². The summed E-state index contributed by atoms with van der Waals surface area (Å²) in [6, 6.07) is 15.8. The minimum Gasteiger partial charge on any atom is -0.478 e. The van der Waals surface area contributed by atoms with Crippen LogP contribution in [0, 0.1) is 0 Å². The third kappa shape index (κ3) is 3.09. The Morgan fingerprint density at radius 2 is 1.67 bits per heavy atom. The van der Waals surface area contributed by atoms with Crippen molar-refractivity contribution in [3.05, 3.63) is 65.7 Å². The SMILES string of the molecule is O=C(O)c1ccccc1OOCc1ccccc1. The molecule has 0 spiro atoms. The summed E-state index contributed by atoms with van der Waals surface area (Å²) >= 11 is 0. The number of benzene rings is 2. The molecule has 0 saturated heterocycles. The fourth-order valence-electron chi connectivity index (χ4n) is 1.45. The number of para-hydroxylation sites is 1. The molecule has 4 nitrogen and oxygen atoms in total. The Morgan fingerprint density at radius 3 is 2.39 bits per heavy atom. The summed E-state index contributed by atoms with van der Waals surface area (Å²) in [7, 11) is 0. The second kappa shape index (κ2) is 5.84. The molecule has 2 aromatic carbocycles. The molecule has 4 heteroatoms. The molecule has 0 unspecified atom stereocenters. The van der Waals surface area contributed by atoms with Gasteiger partial charge in [-0.3, -0.25) is 0 Å². The number of carboxylic acids is 1. The Hall–Kier alpha value is -2.33. The minimum absolute atomic E-state index is 0.0746. The zero-order chi connectivity index (χ0) is 12.8. The zero-order valence-electron chi connectivity index (χ0n) is 9.58. The van der Waals surface area contributed by atoms with E-state index in [-0.39, 0.29) is 17.9 Å². The van der Waals surface area contributed by atoms with Crippen molar-refractivity contribution in [2.45, 2.75) is 6.61 Å². The molecule has 92 valence electrons. The number of carboxylic acid groups (broad SMARTS) is 1. The molecule has 0 aromatic heterocycles. The van der Waals surface area contributed by atoms with Crippen LogP contribution in [0.15, 0.2) is 54.6 Å². The van der Waals surface area contributed by atoms with E-state index in [9.17, 15) is 4.79 Å². The Balaban J connectivity index is 1.97. The molecule has 0 amide bonds. The lowest BCUT2D eigenvalue weighted by Crippen LogP contribution is -2.04. The van der Waals surface area contributed by atoms with Gasteiger partial charge in [-0.1, -0.05) is 42.5 Å². The normalized spacial score (nSPS) is 10.0. The lowest BCUT2D eigenvalue weighted by atomic mass is 10.2. The fourth-order valence-corrected chi connectivity index (χ4v) is 1.45. The predicted octanol–water partition coefficient (Wildman–Crippen LogP) is 2.90. The van der Waals surface area contributed by atoms with Gasteiger partial charge >= 0.3 is 5.97 Å². The second-order valence-electron chi connectivity index (χ2n) is 3.63. The molecule has 0 heterocycles. The second-order valence-corrected chi connectivity index (χ2v) is 3.63. The maximum atomic E-state index is 10.9. The highest BCUT2D eigenvalue weighted by Crippen LogP contribution is 2.18. The van der Waals surface area contributed by atoms with Gasteiger partial charge < -0.3 is 9.99 Å². The standard InChI is InChI=1S/C14H12O4/c15-14(16)12-8-4-5-9-13(12)18-17-10-11-6-2-1-3-7-11/h1-9H,10H2,(H,15,16). The van der Waals surface area contributed by atoms with Crippen LogP contribution in [0.2, 0.25) is 0 Å². The van der Waals surface area contributed by atoms with Crippen molar-refractivity contribution >= 4 is 5.97 Å². The van der Waals surface area contributed by atoms with Crippen molar-refractivity contribution in [3.63, 3.8) is 0 Å². The summed E-state index contributed by atoms with van der Waals surface area (Å²) in [4.78, 5) is 21.0. The Morgan fingerprint density at radius 1 is 1.00 bits per heavy atom. The number of rotatable bonds is 5. The molecule has 0 aliphatic heterocycles. The molecule has 0 radical (unpaired) electrons. The molecule has 0 aliphatic rings. The van der Waals surface area contributed by atoms with Gasteiger partial charge in [0, 0.05) is 0 Å². The smallest absolute Gasteiger partial charge is 0.339 e. The highest BCUT2D eigenvalue weighted by molar-refractivity contribution is 5.90. The van der Waals surface area contributed by atoms with E-state index in [0.29, 0.717) is 0 Å². The van der Waals surface area contributed by atoms with Crippen molar-refractivity contribution in [1.82, 2.24) is 0 Å². The Bertz CT molecular complexity index is 522. The van der Waals surface area contributed by atoms with Crippen LogP contribution in [0.4, 0.5) is 0 Å². The van der Waals surface area contributed by atoms with Crippen LogP contribution in [0.5, 0.6) is 5.75 Å². The van der Waals surface area contributed by atoms with Crippen molar-refractivity contribution < 1.29 is 19.7 Å². The first kappa shape index (κ1) is 12.1. The van der Waals surface area contributed by atoms with Crippen LogP contribution in [-0.4, -0.2) is 11.1 Å². The summed E-state index contributed by atoms with van der Waals surface area (Å²) in [6.45, 7) is 0.259. The first-order valence-electron chi connectivity index (χ1n) is 5.43. The summed E-state index contributed by atoms with van der Waals surface area (Å²) in [5.41, 5.74) is 1.02. The van der Waals surface area contributed by atoms with E-state index in [2.05, 4.69) is 0 Å². The Labute approximate surface area is 104 Å². The molecule has 18 heavy (non-hydrogen) atoms. The number of hydrogen-bond donors (Lipinski definition) is 1. The maximum Gasteiger partial charge on any atom is 0.339 e. The van der Waals surface area contributed by atoms with Crippen molar-refractivity contribution in [2.75, 3.05) is 0 Å². The average molecular weight is 244 g/mol. The van der Waals surface area contributed by atoms with E-state index in [1.54, 1.807) is 18.2 Å². The average Bonchev–Trinajstić information content (AvgIpc) is 2.40. The van der Waals surface area contributed by atoms with Crippen LogP contribution in [0.1, 0.15) is 15.9 Å². The molecule has 2 aromatic rings. The first-order chi connectivity index (χ1) is 8.77. The largest absolute Gasteiger partial charge is 0.478 e. The van der Waals surface area contributed by atoms with Crippen LogP contribution >= 0.6 is 0 Å². The molecule has 0 fully saturated rings. The molecular formula is C14H12O4. The molecule has 0 aliphatic carbocycles. The van der Waals surface area contributed by atoms with Crippen molar-refractivity contribution in [1.29, 1.82) is 0 Å². The number of aromatic carboxylic acids is 1. The molecule has 1 N–H and O–H groups in total. The van der Waals surface area contributed by atoms with Gasteiger partial charge in [0.15, 0.2) is 5.75 Å². The van der Waals surface area contributed by atoms with E-state index in [0.717, 1.165) is 5.56 Å². The van der Waals surface area contributed by atoms with Gasteiger partial charge in [0.05, 0.1) is 0 Å². The lowest BCUT2D eigenvalue weighted by molar-refractivity contribution is -0.217. The van der Waals surface area contributed by atoms with Crippen molar-refractivity contribution in [3.8, 4) is 5.75 Å². The zero-order valence-corrected chi connectivity index (χ0v) is 9.58. The van der Waals surface area contributed by atoms with Gasteiger partial charge in [-0.2, -0.15) is 4.89 Å². The van der Waals surface area contributed by atoms with E-state index in [4.69, 9.17) is 14.9 Å². The van der Waals surface area contributed by atoms with Crippen LogP contribution in [0.25, 0.3) is 0 Å². The summed E-state index contributed by atoms with van der Waals surface area (Å²) in [5, 5.41) is 8.95. The van der Waals surface area contributed by atoms with Crippen LogP contribution < -0.4 is 4.89 Å². The first-order valence-corrected chi connectivity index (χ1v) is 5.43. The number of carbonyl (C=O) groups is 1. The quantitative estimate of drug-likeness (QED) is 0.649. The summed E-state index contributed by atoms with van der Waals surface area (Å²) in [5.74, 6) is -0.852. The van der Waals surface area contributed by atoms with E-state index < -0.39 is 5.97 Å². The van der Waals surface area contributed by atoms with Crippen LogP contribution in [-0.2, 0) is 11.5 Å². The summed E-state index contributed by atoms with van der Waals surface area (Å²) < 4.78 is 0. The highest BCUT2D eigenvalue weighted by atomic mass is 17.2.